The number of anilines is 1. The number of benzene rings is 1. The summed E-state index contributed by atoms with van der Waals surface area (Å²) in [6.07, 6.45) is 0. The number of aryl methyl sites for hydroxylation is 2. The molecule has 3 N–H and O–H groups in total. The minimum atomic E-state index is -0.931. The lowest BCUT2D eigenvalue weighted by atomic mass is 10.0. The molecule has 3 heteroatoms. The largest absolute Gasteiger partial charge is 0.478 e. The van der Waals surface area contributed by atoms with Gasteiger partial charge in [0.1, 0.15) is 0 Å². The predicted molar refractivity (Wildman–Crippen MR) is 47.3 cm³/mol. The van der Waals surface area contributed by atoms with E-state index in [1.54, 1.807) is 13.0 Å². The van der Waals surface area contributed by atoms with Gasteiger partial charge in [0.05, 0.1) is 5.56 Å². The van der Waals surface area contributed by atoms with Crippen LogP contribution >= 0.6 is 0 Å². The highest BCUT2D eigenvalue weighted by Crippen LogP contribution is 2.17. The third kappa shape index (κ3) is 1.39. The van der Waals surface area contributed by atoms with Crippen molar-refractivity contribution in [2.75, 3.05) is 5.73 Å². The molecule has 12 heavy (non-hydrogen) atoms. The summed E-state index contributed by atoms with van der Waals surface area (Å²) in [5, 5.41) is 8.73. The lowest BCUT2D eigenvalue weighted by Crippen LogP contribution is -2.02. The molecule has 0 saturated carbocycles. The second kappa shape index (κ2) is 2.85. The Morgan fingerprint density at radius 2 is 1.92 bits per heavy atom. The van der Waals surface area contributed by atoms with Crippen molar-refractivity contribution in [1.82, 2.24) is 0 Å². The van der Waals surface area contributed by atoms with Crippen molar-refractivity contribution in [3.8, 4) is 0 Å². The van der Waals surface area contributed by atoms with E-state index in [0.717, 1.165) is 11.1 Å². The van der Waals surface area contributed by atoms with Crippen molar-refractivity contribution < 1.29 is 9.90 Å². The van der Waals surface area contributed by atoms with Gasteiger partial charge in [-0.2, -0.15) is 0 Å². The van der Waals surface area contributed by atoms with Crippen molar-refractivity contribution in [3.63, 3.8) is 0 Å². The van der Waals surface area contributed by atoms with Crippen molar-refractivity contribution >= 4 is 11.7 Å². The summed E-state index contributed by atoms with van der Waals surface area (Å²) in [5.41, 5.74) is 8.02. The monoisotopic (exact) mass is 165 g/mol. The molecule has 0 atom stereocenters. The van der Waals surface area contributed by atoms with E-state index >= 15 is 0 Å². The zero-order chi connectivity index (χ0) is 9.30. The fourth-order valence-corrected chi connectivity index (χ4v) is 1.10. The molecule has 0 unspecified atom stereocenters. The van der Waals surface area contributed by atoms with Crippen LogP contribution in [-0.2, 0) is 0 Å². The van der Waals surface area contributed by atoms with Crippen LogP contribution in [-0.4, -0.2) is 11.1 Å². The molecule has 1 aromatic carbocycles. The van der Waals surface area contributed by atoms with Crippen LogP contribution in [0.1, 0.15) is 21.5 Å². The molecule has 0 aliphatic heterocycles. The van der Waals surface area contributed by atoms with E-state index in [1.807, 2.05) is 6.92 Å². The zero-order valence-electron chi connectivity index (χ0n) is 7.09. The van der Waals surface area contributed by atoms with Gasteiger partial charge in [-0.1, -0.05) is 6.07 Å². The van der Waals surface area contributed by atoms with Gasteiger partial charge in [0.15, 0.2) is 0 Å². The van der Waals surface area contributed by atoms with E-state index < -0.39 is 5.97 Å². The minimum absolute atomic E-state index is 0.276. The van der Waals surface area contributed by atoms with Crippen molar-refractivity contribution in [2.45, 2.75) is 13.8 Å². The summed E-state index contributed by atoms with van der Waals surface area (Å²) in [4.78, 5) is 10.6. The Hall–Kier alpha value is -1.51. The zero-order valence-corrected chi connectivity index (χ0v) is 7.09. The molecule has 3 nitrogen and oxygen atoms in total. The number of hydrogen-bond donors (Lipinski definition) is 2. The molecular weight excluding hydrogens is 154 g/mol. The van der Waals surface area contributed by atoms with E-state index in [4.69, 9.17) is 10.8 Å². The first kappa shape index (κ1) is 8.59. The minimum Gasteiger partial charge on any atom is -0.478 e. The fourth-order valence-electron chi connectivity index (χ4n) is 1.10. The average molecular weight is 165 g/mol. The van der Waals surface area contributed by atoms with Gasteiger partial charge < -0.3 is 10.8 Å². The molecule has 1 aromatic rings. The van der Waals surface area contributed by atoms with Crippen molar-refractivity contribution in [1.29, 1.82) is 0 Å². The summed E-state index contributed by atoms with van der Waals surface area (Å²) in [6, 6.07) is 3.27. The molecule has 0 aliphatic carbocycles. The third-order valence-electron chi connectivity index (χ3n) is 1.84. The van der Waals surface area contributed by atoms with E-state index in [2.05, 4.69) is 0 Å². The number of aromatic carboxylic acids is 1. The molecule has 0 aromatic heterocycles. The van der Waals surface area contributed by atoms with Crippen LogP contribution in [0.3, 0.4) is 0 Å². The van der Waals surface area contributed by atoms with Crippen LogP contribution in [0.4, 0.5) is 5.69 Å². The van der Waals surface area contributed by atoms with Crippen LogP contribution < -0.4 is 5.73 Å². The second-order valence-corrected chi connectivity index (χ2v) is 2.83. The maximum Gasteiger partial charge on any atom is 0.336 e. The fraction of sp³-hybridized carbons (Fsp3) is 0.222. The van der Waals surface area contributed by atoms with Gasteiger partial charge in [-0.25, -0.2) is 4.79 Å². The van der Waals surface area contributed by atoms with Crippen LogP contribution in [0, 0.1) is 13.8 Å². The molecule has 0 heterocycles. The normalized spacial score (nSPS) is 9.83. The lowest BCUT2D eigenvalue weighted by Gasteiger charge is -2.04. The highest BCUT2D eigenvalue weighted by Gasteiger charge is 2.08. The standard InChI is InChI=1S/C9H11NO2/c1-5-3-6(2)8(10)4-7(5)9(11)12/h3-4H,10H2,1-2H3,(H,11,12). The Morgan fingerprint density at radius 3 is 2.42 bits per heavy atom. The highest BCUT2D eigenvalue weighted by atomic mass is 16.4. The average Bonchev–Trinajstić information content (AvgIpc) is 1.96. The van der Waals surface area contributed by atoms with E-state index in [1.165, 1.54) is 6.07 Å². The van der Waals surface area contributed by atoms with Crippen LogP contribution in [0.5, 0.6) is 0 Å². The molecule has 1 rings (SSSR count). The van der Waals surface area contributed by atoms with Gasteiger partial charge in [0, 0.05) is 5.69 Å². The first-order chi connectivity index (χ1) is 5.52. The number of rotatable bonds is 1. The molecule has 0 bridgehead atoms. The molecule has 0 saturated heterocycles. The molecule has 64 valence electrons. The van der Waals surface area contributed by atoms with Crippen LogP contribution in [0.15, 0.2) is 12.1 Å². The molecular formula is C9H11NO2. The second-order valence-electron chi connectivity index (χ2n) is 2.83. The van der Waals surface area contributed by atoms with Crippen molar-refractivity contribution in [2.24, 2.45) is 0 Å². The quantitative estimate of drug-likeness (QED) is 0.621. The van der Waals surface area contributed by atoms with Gasteiger partial charge in [-0.15, -0.1) is 0 Å². The summed E-state index contributed by atoms with van der Waals surface area (Å²) in [7, 11) is 0. The number of carboxylic acids is 1. The topological polar surface area (TPSA) is 63.3 Å². The molecule has 0 aliphatic rings. The van der Waals surface area contributed by atoms with Gasteiger partial charge >= 0.3 is 5.97 Å². The van der Waals surface area contributed by atoms with Crippen LogP contribution in [0.25, 0.3) is 0 Å². The summed E-state index contributed by atoms with van der Waals surface area (Å²) in [5.74, 6) is -0.931. The van der Waals surface area contributed by atoms with Gasteiger partial charge in [-0.3, -0.25) is 0 Å². The Kier molecular flexibility index (Phi) is 2.04. The Morgan fingerprint density at radius 1 is 1.33 bits per heavy atom. The summed E-state index contributed by atoms with van der Waals surface area (Å²) >= 11 is 0. The first-order valence-corrected chi connectivity index (χ1v) is 3.62. The number of nitrogens with two attached hydrogens (primary N) is 1. The van der Waals surface area contributed by atoms with E-state index in [-0.39, 0.29) is 5.56 Å². The van der Waals surface area contributed by atoms with Gasteiger partial charge in [0.2, 0.25) is 0 Å². The smallest absolute Gasteiger partial charge is 0.336 e. The summed E-state index contributed by atoms with van der Waals surface area (Å²) < 4.78 is 0. The molecule has 0 radical (unpaired) electrons. The number of carboxylic acid groups (broad SMARTS) is 1. The maximum absolute atomic E-state index is 10.6. The SMILES string of the molecule is Cc1cc(C)c(C(=O)O)cc1N. The van der Waals surface area contributed by atoms with Gasteiger partial charge in [-0.05, 0) is 31.0 Å². The molecule has 0 amide bonds. The molecule has 0 spiro atoms. The number of nitrogen functional groups attached to an aromatic ring is 1. The van der Waals surface area contributed by atoms with E-state index in [9.17, 15) is 4.79 Å². The number of hydrogen-bond acceptors (Lipinski definition) is 2. The maximum atomic E-state index is 10.6. The Labute approximate surface area is 70.8 Å². The van der Waals surface area contributed by atoms with Crippen LogP contribution in [0.2, 0.25) is 0 Å². The van der Waals surface area contributed by atoms with E-state index in [0.29, 0.717) is 5.69 Å². The summed E-state index contributed by atoms with van der Waals surface area (Å²) in [6.45, 7) is 3.61. The van der Waals surface area contributed by atoms with Gasteiger partial charge in [0.25, 0.3) is 0 Å². The van der Waals surface area contributed by atoms with Crippen molar-refractivity contribution in [3.05, 3.63) is 28.8 Å². The lowest BCUT2D eigenvalue weighted by molar-refractivity contribution is 0.0696. The predicted octanol–water partition coefficient (Wildman–Crippen LogP) is 1.58. The molecule has 0 fully saturated rings. The Bertz CT molecular complexity index is 332. The third-order valence-corrected chi connectivity index (χ3v) is 1.84. The highest BCUT2D eigenvalue weighted by molar-refractivity contribution is 5.90. The first-order valence-electron chi connectivity index (χ1n) is 3.62. The Balaban J connectivity index is 3.33. The number of carbonyl (C=O) groups is 1.